The van der Waals surface area contributed by atoms with E-state index in [0.717, 1.165) is 11.3 Å². The van der Waals surface area contributed by atoms with Crippen LogP contribution in [0.4, 0.5) is 0 Å². The molecule has 0 atom stereocenters. The van der Waals surface area contributed by atoms with Crippen LogP contribution in [0.15, 0.2) is 83.7 Å². The maximum absolute atomic E-state index is 13.2. The molecule has 5 aromatic rings. The highest BCUT2D eigenvalue weighted by molar-refractivity contribution is 6.16. The van der Waals surface area contributed by atoms with Crippen LogP contribution < -0.4 is 10.3 Å². The summed E-state index contributed by atoms with van der Waals surface area (Å²) in [7, 11) is 0. The van der Waals surface area contributed by atoms with Crippen LogP contribution in [0.2, 0.25) is 0 Å². The van der Waals surface area contributed by atoms with E-state index in [2.05, 4.69) is 10.2 Å². The molecule has 0 spiro atoms. The van der Waals surface area contributed by atoms with Crippen molar-refractivity contribution < 1.29 is 4.74 Å². The summed E-state index contributed by atoms with van der Waals surface area (Å²) in [5, 5.41) is 8.95. The Morgan fingerprint density at radius 3 is 2.28 bits per heavy atom. The number of halogens is 1. The minimum absolute atomic E-state index is 0.168. The van der Waals surface area contributed by atoms with Crippen LogP contribution in [0.25, 0.3) is 22.4 Å². The molecule has 0 aliphatic heterocycles. The third-order valence-corrected chi connectivity index (χ3v) is 4.92. The van der Waals surface area contributed by atoms with Gasteiger partial charge in [-0.3, -0.25) is 9.20 Å². The lowest BCUT2D eigenvalue weighted by molar-refractivity contribution is 0.482. The Morgan fingerprint density at radius 1 is 0.828 bits per heavy atom. The van der Waals surface area contributed by atoms with E-state index in [1.54, 1.807) is 6.07 Å². The molecule has 0 saturated carbocycles. The molecule has 0 N–H and O–H groups in total. The van der Waals surface area contributed by atoms with Gasteiger partial charge in [0.15, 0.2) is 5.82 Å². The normalized spacial score (nSPS) is 11.2. The molecule has 0 aliphatic carbocycles. The third-order valence-electron chi connectivity index (χ3n) is 4.68. The zero-order valence-electron chi connectivity index (χ0n) is 15.2. The molecule has 5 rings (SSSR count). The summed E-state index contributed by atoms with van der Waals surface area (Å²) in [6.45, 7) is 0. The summed E-state index contributed by atoms with van der Waals surface area (Å²) in [5.41, 5.74) is 1.23. The van der Waals surface area contributed by atoms with Gasteiger partial charge in [0.25, 0.3) is 5.56 Å². The predicted octanol–water partition coefficient (Wildman–Crippen LogP) is 4.56. The highest BCUT2D eigenvalue weighted by atomic mass is 35.5. The fourth-order valence-corrected chi connectivity index (χ4v) is 3.54. The molecule has 142 valence electrons. The summed E-state index contributed by atoms with van der Waals surface area (Å²) >= 11 is 6.06. The highest BCUT2D eigenvalue weighted by Crippen LogP contribution is 2.23. The van der Waals surface area contributed by atoms with E-state index in [9.17, 15) is 4.79 Å². The first kappa shape index (κ1) is 17.5. The number of fused-ring (bicyclic) bond motifs is 3. The van der Waals surface area contributed by atoms with Gasteiger partial charge in [-0.05, 0) is 48.5 Å². The third kappa shape index (κ3) is 2.94. The molecular formula is C22H15ClN4O2. The van der Waals surface area contributed by atoms with Gasteiger partial charge in [0.2, 0.25) is 5.78 Å². The van der Waals surface area contributed by atoms with Crippen molar-refractivity contribution in [2.24, 2.45) is 0 Å². The van der Waals surface area contributed by atoms with Crippen LogP contribution in [0.1, 0.15) is 5.82 Å². The van der Waals surface area contributed by atoms with Gasteiger partial charge >= 0.3 is 0 Å². The average molecular weight is 403 g/mol. The Labute approximate surface area is 170 Å². The lowest BCUT2D eigenvalue weighted by atomic mass is 10.2. The molecule has 2 aromatic heterocycles. The molecule has 2 heterocycles. The first-order chi connectivity index (χ1) is 14.3. The van der Waals surface area contributed by atoms with E-state index in [4.69, 9.17) is 16.3 Å². The number of hydrogen-bond donors (Lipinski definition) is 0. The topological polar surface area (TPSA) is 61.4 Å². The van der Waals surface area contributed by atoms with Crippen LogP contribution >= 0.6 is 11.6 Å². The standard InChI is InChI=1S/C22H15ClN4O2/c23-14-20-24-25-22-26(21(28)18-8-4-5-9-19(18)27(20)22)15-10-12-17(13-11-15)29-16-6-2-1-3-7-16/h1-13H,14H2. The van der Waals surface area contributed by atoms with Gasteiger partial charge in [0, 0.05) is 0 Å². The average Bonchev–Trinajstić information content (AvgIpc) is 3.20. The second kappa shape index (κ2) is 7.07. The predicted molar refractivity (Wildman–Crippen MR) is 112 cm³/mol. The van der Waals surface area contributed by atoms with E-state index in [1.807, 2.05) is 77.2 Å². The zero-order valence-corrected chi connectivity index (χ0v) is 16.0. The Hall–Kier alpha value is -3.64. The van der Waals surface area contributed by atoms with Crippen LogP contribution in [-0.4, -0.2) is 19.2 Å². The van der Waals surface area contributed by atoms with Crippen LogP contribution in [0.3, 0.4) is 0 Å². The first-order valence-electron chi connectivity index (χ1n) is 9.03. The molecule has 0 aliphatic rings. The molecule has 0 amide bonds. The maximum Gasteiger partial charge on any atom is 0.267 e. The van der Waals surface area contributed by atoms with Crippen molar-refractivity contribution in [1.29, 1.82) is 0 Å². The number of rotatable bonds is 4. The Kier molecular flexibility index (Phi) is 4.26. The van der Waals surface area contributed by atoms with Crippen molar-refractivity contribution >= 4 is 28.3 Å². The lowest BCUT2D eigenvalue weighted by Crippen LogP contribution is -2.22. The van der Waals surface area contributed by atoms with Gasteiger partial charge in [-0.15, -0.1) is 21.8 Å². The number of ether oxygens (including phenoxy) is 1. The number of benzene rings is 3. The smallest absolute Gasteiger partial charge is 0.267 e. The lowest BCUT2D eigenvalue weighted by Gasteiger charge is -2.12. The second-order valence-corrected chi connectivity index (χ2v) is 6.72. The van der Waals surface area contributed by atoms with Gasteiger partial charge in [0.05, 0.1) is 22.5 Å². The summed E-state index contributed by atoms with van der Waals surface area (Å²) in [6.07, 6.45) is 0. The Balaban J connectivity index is 1.67. The number of hydrogen-bond acceptors (Lipinski definition) is 4. The summed E-state index contributed by atoms with van der Waals surface area (Å²) in [5.74, 6) is 2.60. The molecule has 0 unspecified atom stereocenters. The summed E-state index contributed by atoms with van der Waals surface area (Å²) < 4.78 is 9.20. The van der Waals surface area contributed by atoms with Crippen LogP contribution in [0, 0.1) is 0 Å². The van der Waals surface area contributed by atoms with E-state index in [1.165, 1.54) is 4.57 Å². The van der Waals surface area contributed by atoms with Crippen molar-refractivity contribution in [3.05, 3.63) is 95.0 Å². The van der Waals surface area contributed by atoms with Gasteiger partial charge in [-0.25, -0.2) is 4.57 Å². The van der Waals surface area contributed by atoms with Gasteiger partial charge < -0.3 is 4.74 Å². The molecule has 0 fully saturated rings. The summed E-state index contributed by atoms with van der Waals surface area (Å²) in [4.78, 5) is 13.2. The molecule has 29 heavy (non-hydrogen) atoms. The molecule has 6 nitrogen and oxygen atoms in total. The maximum atomic E-state index is 13.2. The monoisotopic (exact) mass is 402 g/mol. The minimum atomic E-state index is -0.168. The quantitative estimate of drug-likeness (QED) is 0.413. The van der Waals surface area contributed by atoms with Crippen molar-refractivity contribution in [3.8, 4) is 17.2 Å². The van der Waals surface area contributed by atoms with Crippen LogP contribution in [-0.2, 0) is 5.88 Å². The van der Waals surface area contributed by atoms with E-state index in [0.29, 0.717) is 28.4 Å². The zero-order chi connectivity index (χ0) is 19.8. The van der Waals surface area contributed by atoms with Crippen molar-refractivity contribution in [2.75, 3.05) is 0 Å². The largest absolute Gasteiger partial charge is 0.457 e. The SMILES string of the molecule is O=c1c2ccccc2n2c(CCl)nnc2n1-c1ccc(Oc2ccccc2)cc1. The van der Waals surface area contributed by atoms with E-state index < -0.39 is 0 Å². The molecular weight excluding hydrogens is 388 g/mol. The molecule has 0 bridgehead atoms. The minimum Gasteiger partial charge on any atom is -0.457 e. The second-order valence-electron chi connectivity index (χ2n) is 6.45. The number of aromatic nitrogens is 4. The van der Waals surface area contributed by atoms with Crippen LogP contribution in [0.5, 0.6) is 11.5 Å². The Morgan fingerprint density at radius 2 is 1.52 bits per heavy atom. The van der Waals surface area contributed by atoms with Crippen molar-refractivity contribution in [3.63, 3.8) is 0 Å². The van der Waals surface area contributed by atoms with Crippen molar-refractivity contribution in [2.45, 2.75) is 5.88 Å². The molecule has 0 saturated heterocycles. The molecule has 3 aromatic carbocycles. The highest BCUT2D eigenvalue weighted by Gasteiger charge is 2.17. The summed E-state index contributed by atoms with van der Waals surface area (Å²) in [6, 6.07) is 24.2. The number of para-hydroxylation sites is 2. The number of alkyl halides is 1. The van der Waals surface area contributed by atoms with Gasteiger partial charge in [-0.2, -0.15) is 0 Å². The molecule has 0 radical (unpaired) electrons. The fourth-order valence-electron chi connectivity index (χ4n) is 3.37. The fraction of sp³-hybridized carbons (Fsp3) is 0.0455. The van der Waals surface area contributed by atoms with Gasteiger partial charge in [-0.1, -0.05) is 30.3 Å². The number of nitrogens with zero attached hydrogens (tertiary/aromatic N) is 4. The Bertz CT molecular complexity index is 1380. The van der Waals surface area contributed by atoms with E-state index in [-0.39, 0.29) is 11.4 Å². The first-order valence-corrected chi connectivity index (χ1v) is 9.57. The van der Waals surface area contributed by atoms with Gasteiger partial charge in [0.1, 0.15) is 11.5 Å². The van der Waals surface area contributed by atoms with E-state index >= 15 is 0 Å². The van der Waals surface area contributed by atoms with Crippen molar-refractivity contribution in [1.82, 2.24) is 19.2 Å². The molecule has 7 heteroatoms.